The highest BCUT2D eigenvalue weighted by molar-refractivity contribution is 5.95. The highest BCUT2D eigenvalue weighted by atomic mass is 19.4. The van der Waals surface area contributed by atoms with Crippen molar-refractivity contribution in [3.8, 4) is 5.75 Å². The molecule has 35 heavy (non-hydrogen) atoms. The van der Waals surface area contributed by atoms with Gasteiger partial charge in [-0.1, -0.05) is 33.8 Å². The average Bonchev–Trinajstić information content (AvgIpc) is 3.19. The molecule has 2 heterocycles. The van der Waals surface area contributed by atoms with Gasteiger partial charge in [0.1, 0.15) is 23.4 Å². The number of halogens is 4. The molecule has 1 fully saturated rings. The number of hydrogen-bond donors (Lipinski definition) is 0. The van der Waals surface area contributed by atoms with Gasteiger partial charge in [0.25, 0.3) is 0 Å². The summed E-state index contributed by atoms with van der Waals surface area (Å²) in [5, 5.41) is 5.38. The highest BCUT2D eigenvalue weighted by Crippen LogP contribution is 2.37. The van der Waals surface area contributed by atoms with Gasteiger partial charge in [0.05, 0.1) is 17.4 Å². The van der Waals surface area contributed by atoms with Crippen molar-refractivity contribution >= 4 is 17.1 Å². The summed E-state index contributed by atoms with van der Waals surface area (Å²) in [7, 11) is 0. The normalized spacial score (nSPS) is 20.9. The smallest absolute Gasteiger partial charge is 0.431 e. The number of aryl methyl sites for hydroxylation is 1. The number of alkyl halides is 3. The predicted octanol–water partition coefficient (Wildman–Crippen LogP) is 7.36. The van der Waals surface area contributed by atoms with Gasteiger partial charge in [0.15, 0.2) is 0 Å². The maximum Gasteiger partial charge on any atom is 0.431 e. The topological polar surface area (TPSA) is 28.1 Å². The quantitative estimate of drug-likeness (QED) is 0.407. The minimum atomic E-state index is -4.43. The average molecular weight is 494 g/mol. The minimum absolute atomic E-state index is 0.00465. The Morgan fingerprint density at radius 1 is 1.03 bits per heavy atom. The lowest BCUT2D eigenvalue weighted by molar-refractivity contribution is -0.0620. The van der Waals surface area contributed by atoms with E-state index in [1.54, 1.807) is 37.3 Å². The third-order valence-electron chi connectivity index (χ3n) is 6.54. The molecule has 2 aromatic carbocycles. The van der Waals surface area contributed by atoms with E-state index in [1.807, 2.05) is 38.7 Å². The summed E-state index contributed by atoms with van der Waals surface area (Å²) in [6.07, 6.45) is -2.35. The fourth-order valence-electron chi connectivity index (χ4n) is 4.72. The van der Waals surface area contributed by atoms with E-state index in [2.05, 4.69) is 5.10 Å². The standard InChI is InChI=1S/C25H29F4N3O.C2H6/c1-4-22-17(3)24(25(27,28)29)30-32(22)18-6-8-19(9-7-18)33-20-11-13-31(14-12-20)23-15-16(2)5-10-21(23)26;1-2/h5-10,15,17,20,22H,4,11-14H2,1-3H3;1-2H3/t17?,22-;/m0./s1. The molecule has 4 nitrogen and oxygen atoms in total. The van der Waals surface area contributed by atoms with Gasteiger partial charge in [-0.3, -0.25) is 5.01 Å². The Labute approximate surface area is 205 Å². The van der Waals surface area contributed by atoms with Crippen molar-refractivity contribution in [1.82, 2.24) is 0 Å². The molecule has 2 atom stereocenters. The number of hydrazone groups is 1. The molecule has 0 bridgehead atoms. The summed E-state index contributed by atoms with van der Waals surface area (Å²) in [4.78, 5) is 2.04. The summed E-state index contributed by atoms with van der Waals surface area (Å²) in [6, 6.07) is 11.9. The van der Waals surface area contributed by atoms with Crippen LogP contribution in [0.25, 0.3) is 0 Å². The minimum Gasteiger partial charge on any atom is -0.490 e. The van der Waals surface area contributed by atoms with E-state index in [9.17, 15) is 17.6 Å². The van der Waals surface area contributed by atoms with Crippen LogP contribution in [-0.4, -0.2) is 37.1 Å². The van der Waals surface area contributed by atoms with Gasteiger partial charge in [0, 0.05) is 31.8 Å². The second-order valence-corrected chi connectivity index (χ2v) is 8.84. The first-order valence-electron chi connectivity index (χ1n) is 12.4. The monoisotopic (exact) mass is 493 g/mol. The van der Waals surface area contributed by atoms with Crippen molar-refractivity contribution in [3.05, 3.63) is 53.8 Å². The van der Waals surface area contributed by atoms with E-state index in [0.717, 1.165) is 18.4 Å². The molecule has 1 saturated heterocycles. The molecule has 0 saturated carbocycles. The van der Waals surface area contributed by atoms with E-state index in [4.69, 9.17) is 4.74 Å². The van der Waals surface area contributed by atoms with E-state index in [1.165, 1.54) is 11.1 Å². The third-order valence-corrected chi connectivity index (χ3v) is 6.54. The second-order valence-electron chi connectivity index (χ2n) is 8.84. The number of hydrogen-bond acceptors (Lipinski definition) is 4. The van der Waals surface area contributed by atoms with Crippen molar-refractivity contribution in [2.45, 2.75) is 72.2 Å². The summed E-state index contributed by atoms with van der Waals surface area (Å²) < 4.78 is 60.2. The predicted molar refractivity (Wildman–Crippen MR) is 134 cm³/mol. The summed E-state index contributed by atoms with van der Waals surface area (Å²) in [5.41, 5.74) is 1.53. The lowest BCUT2D eigenvalue weighted by Gasteiger charge is -2.34. The molecule has 0 amide bonds. The number of rotatable bonds is 5. The summed E-state index contributed by atoms with van der Waals surface area (Å²) in [6.45, 7) is 10.8. The van der Waals surface area contributed by atoms with Crippen molar-refractivity contribution in [1.29, 1.82) is 0 Å². The lowest BCUT2D eigenvalue weighted by Crippen LogP contribution is -2.38. The van der Waals surface area contributed by atoms with Crippen molar-refractivity contribution < 1.29 is 22.3 Å². The van der Waals surface area contributed by atoms with Gasteiger partial charge >= 0.3 is 6.18 Å². The van der Waals surface area contributed by atoms with Gasteiger partial charge in [-0.25, -0.2) is 4.39 Å². The number of piperidine rings is 1. The van der Waals surface area contributed by atoms with Crippen LogP contribution in [0, 0.1) is 18.7 Å². The Kier molecular flexibility index (Phi) is 8.67. The molecular weight excluding hydrogens is 458 g/mol. The van der Waals surface area contributed by atoms with E-state index in [-0.39, 0.29) is 18.0 Å². The zero-order valence-electron chi connectivity index (χ0n) is 21.1. The van der Waals surface area contributed by atoms with Gasteiger partial charge in [0.2, 0.25) is 0 Å². The van der Waals surface area contributed by atoms with E-state index in [0.29, 0.717) is 36.6 Å². The fourth-order valence-corrected chi connectivity index (χ4v) is 4.72. The number of ether oxygens (including phenoxy) is 1. The maximum absolute atomic E-state index is 14.2. The SMILES string of the molecule is CC.CC[C@H]1C(C)C(C(F)(F)F)=NN1c1ccc(OC2CCN(c3cc(C)ccc3F)CC2)cc1. The molecular formula is C27H35F4N3O. The molecule has 0 radical (unpaired) electrons. The first-order chi connectivity index (χ1) is 16.7. The molecule has 0 aromatic heterocycles. The first-order valence-corrected chi connectivity index (χ1v) is 12.4. The number of nitrogens with zero attached hydrogens (tertiary/aromatic N) is 3. The second kappa shape index (κ2) is 11.3. The van der Waals surface area contributed by atoms with Crippen LogP contribution in [0.1, 0.15) is 52.5 Å². The molecule has 1 unspecified atom stereocenters. The Morgan fingerprint density at radius 2 is 1.66 bits per heavy atom. The van der Waals surface area contributed by atoms with Gasteiger partial charge in [-0.2, -0.15) is 18.3 Å². The van der Waals surface area contributed by atoms with Crippen LogP contribution in [0.15, 0.2) is 47.6 Å². The molecule has 2 aromatic rings. The van der Waals surface area contributed by atoms with Crippen LogP contribution in [0.3, 0.4) is 0 Å². The lowest BCUT2D eigenvalue weighted by atomic mass is 9.95. The Morgan fingerprint density at radius 3 is 2.23 bits per heavy atom. The molecule has 4 rings (SSSR count). The van der Waals surface area contributed by atoms with Crippen LogP contribution in [0.5, 0.6) is 5.75 Å². The van der Waals surface area contributed by atoms with Crippen molar-refractivity contribution in [2.75, 3.05) is 23.0 Å². The molecule has 2 aliphatic rings. The zero-order valence-corrected chi connectivity index (χ0v) is 21.1. The van der Waals surface area contributed by atoms with E-state index < -0.39 is 17.8 Å². The fraction of sp³-hybridized carbons (Fsp3) is 0.519. The zero-order chi connectivity index (χ0) is 25.8. The molecule has 2 aliphatic heterocycles. The summed E-state index contributed by atoms with van der Waals surface area (Å²) >= 11 is 0. The first kappa shape index (κ1) is 26.8. The molecule has 0 spiro atoms. The van der Waals surface area contributed by atoms with Crippen LogP contribution in [-0.2, 0) is 0 Å². The van der Waals surface area contributed by atoms with Gasteiger partial charge < -0.3 is 9.64 Å². The highest BCUT2D eigenvalue weighted by Gasteiger charge is 2.47. The summed E-state index contributed by atoms with van der Waals surface area (Å²) in [5.74, 6) is -0.234. The molecule has 192 valence electrons. The van der Waals surface area contributed by atoms with Crippen LogP contribution in [0.2, 0.25) is 0 Å². The Hall–Kier alpha value is -2.77. The largest absolute Gasteiger partial charge is 0.490 e. The number of anilines is 2. The molecule has 0 aliphatic carbocycles. The van der Waals surface area contributed by atoms with Crippen LogP contribution < -0.4 is 14.6 Å². The van der Waals surface area contributed by atoms with E-state index >= 15 is 0 Å². The maximum atomic E-state index is 14.2. The molecule has 8 heteroatoms. The van der Waals surface area contributed by atoms with Gasteiger partial charge in [-0.15, -0.1) is 0 Å². The van der Waals surface area contributed by atoms with Crippen molar-refractivity contribution in [2.24, 2.45) is 11.0 Å². The third kappa shape index (κ3) is 6.08. The van der Waals surface area contributed by atoms with Gasteiger partial charge in [-0.05, 0) is 55.3 Å². The van der Waals surface area contributed by atoms with Crippen LogP contribution >= 0.6 is 0 Å². The Bertz CT molecular complexity index is 998. The van der Waals surface area contributed by atoms with Crippen molar-refractivity contribution in [3.63, 3.8) is 0 Å². The Balaban J connectivity index is 0.00000167. The molecule has 0 N–H and O–H groups in total. The number of benzene rings is 2. The van der Waals surface area contributed by atoms with Crippen LogP contribution in [0.4, 0.5) is 28.9 Å².